The molecule has 0 radical (unpaired) electrons. The molecule has 2 aromatic carbocycles. The average molecular weight is 437 g/mol. The van der Waals surface area contributed by atoms with Crippen LogP contribution in [-0.2, 0) is 14.3 Å². The smallest absolute Gasteiger partial charge is 0.325 e. The topological polar surface area (TPSA) is 84.5 Å². The van der Waals surface area contributed by atoms with Crippen molar-refractivity contribution in [3.63, 3.8) is 0 Å². The van der Waals surface area contributed by atoms with Crippen molar-refractivity contribution in [3.8, 4) is 0 Å². The number of rotatable bonds is 7. The lowest BCUT2D eigenvalue weighted by molar-refractivity contribution is -0.147. The van der Waals surface area contributed by atoms with E-state index >= 15 is 0 Å². The highest BCUT2D eigenvalue weighted by atomic mass is 35.5. The summed E-state index contributed by atoms with van der Waals surface area (Å²) < 4.78 is 4.90. The SMILES string of the molecule is Cc1ccc(C(C)NC(=O)COC(=O)CNC(=O)c2ccc(Cl)c(Cl)c2)cc1C. The number of benzene rings is 2. The number of amides is 2. The van der Waals surface area contributed by atoms with Crippen LogP contribution < -0.4 is 10.6 Å². The van der Waals surface area contributed by atoms with Gasteiger partial charge in [-0.3, -0.25) is 14.4 Å². The second-order valence-electron chi connectivity index (χ2n) is 6.61. The van der Waals surface area contributed by atoms with Crippen LogP contribution in [0.15, 0.2) is 36.4 Å². The molecule has 0 fully saturated rings. The van der Waals surface area contributed by atoms with Crippen molar-refractivity contribution in [1.82, 2.24) is 10.6 Å². The number of halogens is 2. The van der Waals surface area contributed by atoms with Crippen LogP contribution in [0.1, 0.15) is 40.0 Å². The lowest BCUT2D eigenvalue weighted by Gasteiger charge is -2.16. The summed E-state index contributed by atoms with van der Waals surface area (Å²) >= 11 is 11.7. The molecule has 8 heteroatoms. The zero-order valence-corrected chi connectivity index (χ0v) is 17.9. The molecule has 2 rings (SSSR count). The largest absolute Gasteiger partial charge is 0.454 e. The van der Waals surface area contributed by atoms with Crippen molar-refractivity contribution in [2.75, 3.05) is 13.2 Å². The highest BCUT2D eigenvalue weighted by Gasteiger charge is 2.14. The van der Waals surface area contributed by atoms with Crippen molar-refractivity contribution >= 4 is 41.0 Å². The molecule has 0 spiro atoms. The first-order valence-corrected chi connectivity index (χ1v) is 9.68. The molecule has 2 amide bonds. The molecule has 154 valence electrons. The van der Waals surface area contributed by atoms with Gasteiger partial charge in [-0.2, -0.15) is 0 Å². The molecule has 2 aromatic rings. The second-order valence-corrected chi connectivity index (χ2v) is 7.42. The van der Waals surface area contributed by atoms with E-state index in [1.54, 1.807) is 0 Å². The van der Waals surface area contributed by atoms with E-state index in [9.17, 15) is 14.4 Å². The zero-order chi connectivity index (χ0) is 21.6. The molecule has 0 saturated heterocycles. The predicted molar refractivity (Wildman–Crippen MR) is 112 cm³/mol. The third-order valence-corrected chi connectivity index (χ3v) is 5.09. The van der Waals surface area contributed by atoms with E-state index in [1.165, 1.54) is 23.8 Å². The predicted octanol–water partition coefficient (Wildman–Crippen LogP) is 3.76. The number of carbonyl (C=O) groups is 3. The van der Waals surface area contributed by atoms with E-state index in [1.807, 2.05) is 39.0 Å². The van der Waals surface area contributed by atoms with Gasteiger partial charge in [0.2, 0.25) is 0 Å². The van der Waals surface area contributed by atoms with Gasteiger partial charge in [-0.05, 0) is 55.7 Å². The Morgan fingerprint density at radius 1 is 1.00 bits per heavy atom. The Morgan fingerprint density at radius 2 is 1.72 bits per heavy atom. The van der Waals surface area contributed by atoms with Crippen molar-refractivity contribution in [2.45, 2.75) is 26.8 Å². The Hall–Kier alpha value is -2.57. The number of ether oxygens (including phenoxy) is 1. The first-order chi connectivity index (χ1) is 13.7. The first kappa shape index (κ1) is 22.7. The van der Waals surface area contributed by atoms with Gasteiger partial charge in [0.1, 0.15) is 6.54 Å². The lowest BCUT2D eigenvalue weighted by Crippen LogP contribution is -2.34. The van der Waals surface area contributed by atoms with Crippen LogP contribution in [0.3, 0.4) is 0 Å². The Kier molecular flexibility index (Phi) is 8.05. The molecule has 0 aliphatic carbocycles. The number of carbonyl (C=O) groups excluding carboxylic acids is 3. The minimum absolute atomic E-state index is 0.227. The van der Waals surface area contributed by atoms with Crippen molar-refractivity contribution in [1.29, 1.82) is 0 Å². The number of hydrogen-bond donors (Lipinski definition) is 2. The van der Waals surface area contributed by atoms with E-state index in [0.717, 1.165) is 11.1 Å². The highest BCUT2D eigenvalue weighted by molar-refractivity contribution is 6.42. The summed E-state index contributed by atoms with van der Waals surface area (Å²) in [6.07, 6.45) is 0. The number of nitrogens with one attached hydrogen (secondary N) is 2. The van der Waals surface area contributed by atoms with Crippen LogP contribution in [0.4, 0.5) is 0 Å². The number of aryl methyl sites for hydroxylation is 2. The molecule has 0 bridgehead atoms. The molecule has 0 aliphatic heterocycles. The molecule has 2 N–H and O–H groups in total. The van der Waals surface area contributed by atoms with Crippen LogP contribution in [0, 0.1) is 13.8 Å². The maximum absolute atomic E-state index is 12.0. The summed E-state index contributed by atoms with van der Waals surface area (Å²) in [6, 6.07) is 10.1. The van der Waals surface area contributed by atoms with Crippen LogP contribution in [0.25, 0.3) is 0 Å². The van der Waals surface area contributed by atoms with Crippen LogP contribution >= 0.6 is 23.2 Å². The Labute approximate surface area is 179 Å². The molecule has 0 aromatic heterocycles. The number of hydrogen-bond acceptors (Lipinski definition) is 4. The molecule has 1 atom stereocenters. The van der Waals surface area contributed by atoms with Crippen molar-refractivity contribution < 1.29 is 19.1 Å². The Morgan fingerprint density at radius 3 is 2.38 bits per heavy atom. The minimum atomic E-state index is -0.729. The molecule has 29 heavy (non-hydrogen) atoms. The molecular formula is C21H22Cl2N2O4. The molecule has 1 unspecified atom stereocenters. The first-order valence-electron chi connectivity index (χ1n) is 8.92. The molecular weight excluding hydrogens is 415 g/mol. The van der Waals surface area contributed by atoms with Gasteiger partial charge in [0.05, 0.1) is 16.1 Å². The van der Waals surface area contributed by atoms with Gasteiger partial charge in [-0.15, -0.1) is 0 Å². The second kappa shape index (κ2) is 10.3. The summed E-state index contributed by atoms with van der Waals surface area (Å²) in [4.78, 5) is 35.8. The minimum Gasteiger partial charge on any atom is -0.454 e. The standard InChI is InChI=1S/C21H22Cl2N2O4/c1-12-4-5-15(8-13(12)2)14(3)25-19(26)11-29-20(27)10-24-21(28)16-6-7-17(22)18(23)9-16/h4-9,14H,10-11H2,1-3H3,(H,24,28)(H,25,26). The summed E-state index contributed by atoms with van der Waals surface area (Å²) in [5, 5.41) is 5.73. The Balaban J connectivity index is 1.76. The van der Waals surface area contributed by atoms with Gasteiger partial charge < -0.3 is 15.4 Å². The van der Waals surface area contributed by atoms with Gasteiger partial charge in [0.15, 0.2) is 6.61 Å². The van der Waals surface area contributed by atoms with Gasteiger partial charge in [-0.25, -0.2) is 0 Å². The maximum atomic E-state index is 12.0. The molecule has 0 heterocycles. The summed E-state index contributed by atoms with van der Waals surface area (Å²) in [5.41, 5.74) is 3.52. The molecule has 0 aliphatic rings. The molecule has 6 nitrogen and oxygen atoms in total. The van der Waals surface area contributed by atoms with Crippen LogP contribution in [-0.4, -0.2) is 30.9 Å². The lowest BCUT2D eigenvalue weighted by atomic mass is 10.0. The quantitative estimate of drug-likeness (QED) is 0.647. The fourth-order valence-corrected chi connectivity index (χ4v) is 2.79. The van der Waals surface area contributed by atoms with E-state index < -0.39 is 24.4 Å². The van der Waals surface area contributed by atoms with E-state index in [4.69, 9.17) is 27.9 Å². The van der Waals surface area contributed by atoms with E-state index in [0.29, 0.717) is 5.02 Å². The third-order valence-electron chi connectivity index (χ3n) is 4.35. The zero-order valence-electron chi connectivity index (χ0n) is 16.3. The highest BCUT2D eigenvalue weighted by Crippen LogP contribution is 2.22. The fraction of sp³-hybridized carbons (Fsp3) is 0.286. The van der Waals surface area contributed by atoms with Crippen LogP contribution in [0.5, 0.6) is 0 Å². The maximum Gasteiger partial charge on any atom is 0.325 e. The Bertz CT molecular complexity index is 931. The van der Waals surface area contributed by atoms with E-state index in [-0.39, 0.29) is 23.2 Å². The monoisotopic (exact) mass is 436 g/mol. The van der Waals surface area contributed by atoms with Gasteiger partial charge in [-0.1, -0.05) is 41.4 Å². The molecule has 0 saturated carbocycles. The number of esters is 1. The summed E-state index contributed by atoms with van der Waals surface area (Å²) in [6.45, 7) is 5.06. The summed E-state index contributed by atoms with van der Waals surface area (Å²) in [5.74, 6) is -1.67. The van der Waals surface area contributed by atoms with Gasteiger partial charge >= 0.3 is 5.97 Å². The van der Waals surface area contributed by atoms with Crippen molar-refractivity contribution in [2.24, 2.45) is 0 Å². The van der Waals surface area contributed by atoms with Crippen molar-refractivity contribution in [3.05, 3.63) is 68.7 Å². The van der Waals surface area contributed by atoms with Gasteiger partial charge in [0.25, 0.3) is 11.8 Å². The van der Waals surface area contributed by atoms with Crippen LogP contribution in [0.2, 0.25) is 10.0 Å². The normalized spacial score (nSPS) is 11.5. The van der Waals surface area contributed by atoms with Gasteiger partial charge in [0, 0.05) is 5.56 Å². The van der Waals surface area contributed by atoms with E-state index in [2.05, 4.69) is 10.6 Å². The average Bonchev–Trinajstić information content (AvgIpc) is 2.68. The fourth-order valence-electron chi connectivity index (χ4n) is 2.49. The summed E-state index contributed by atoms with van der Waals surface area (Å²) in [7, 11) is 0. The third kappa shape index (κ3) is 6.76.